The summed E-state index contributed by atoms with van der Waals surface area (Å²) in [6.45, 7) is 7.51. The van der Waals surface area contributed by atoms with Gasteiger partial charge in [-0.05, 0) is 49.2 Å². The quantitative estimate of drug-likeness (QED) is 0.224. The highest BCUT2D eigenvalue weighted by molar-refractivity contribution is 5.83. The van der Waals surface area contributed by atoms with E-state index < -0.39 is 11.9 Å². The summed E-state index contributed by atoms with van der Waals surface area (Å²) in [4.78, 5) is 22.2. The second-order valence-electron chi connectivity index (χ2n) is 6.04. The van der Waals surface area contributed by atoms with Gasteiger partial charge >= 0.3 is 11.9 Å². The molecule has 30 heavy (non-hydrogen) atoms. The Hall–Kier alpha value is -3.98. The van der Waals surface area contributed by atoms with Gasteiger partial charge in [-0.25, -0.2) is 9.59 Å². The van der Waals surface area contributed by atoms with E-state index in [1.165, 1.54) is 12.1 Å². The van der Waals surface area contributed by atoms with Crippen molar-refractivity contribution in [1.82, 2.24) is 0 Å². The molecule has 0 aromatic heterocycles. The zero-order valence-corrected chi connectivity index (χ0v) is 16.4. The molecule has 0 fully saturated rings. The van der Waals surface area contributed by atoms with E-state index >= 15 is 0 Å². The lowest BCUT2D eigenvalue weighted by atomic mass is 10.1. The average Bonchev–Trinajstić information content (AvgIpc) is 2.74. The van der Waals surface area contributed by atoms with E-state index in [1.807, 2.05) is 24.3 Å². The molecule has 0 unspecified atom stereocenters. The lowest BCUT2D eigenvalue weighted by molar-refractivity contribution is -0.137. The van der Waals surface area contributed by atoms with Crippen LogP contribution in [0.15, 0.2) is 67.8 Å². The Morgan fingerprint density at radius 2 is 1.53 bits per heavy atom. The van der Waals surface area contributed by atoms with Crippen LogP contribution in [0.25, 0.3) is 0 Å². The minimum Gasteiger partial charge on any atom is -0.508 e. The number of hydrogen-bond donors (Lipinski definition) is 1. The molecule has 6 nitrogen and oxygen atoms in total. The molecule has 0 radical (unpaired) electrons. The first-order chi connectivity index (χ1) is 14.5. The van der Waals surface area contributed by atoms with Crippen LogP contribution in [0.1, 0.15) is 24.0 Å². The highest BCUT2D eigenvalue weighted by atomic mass is 16.5. The maximum absolute atomic E-state index is 11.3. The molecule has 2 aromatic carbocycles. The standard InChI is InChI=1S/C24H22O6/c1-3-23(26)29-14-6-5-13-28-21-11-9-18(10-12-21)7-8-19-15-20(25)17-22(16-19)30-24(27)4-2/h3-4,9-12,15-17,25H,1-2,5-6,13-14H2. The first-order valence-corrected chi connectivity index (χ1v) is 9.22. The van der Waals surface area contributed by atoms with E-state index in [0.717, 1.165) is 24.1 Å². The number of carbonyl (C=O) groups excluding carboxylic acids is 2. The Balaban J connectivity index is 1.87. The van der Waals surface area contributed by atoms with Crippen molar-refractivity contribution >= 4 is 11.9 Å². The molecule has 0 amide bonds. The van der Waals surface area contributed by atoms with Crippen molar-refractivity contribution < 1.29 is 28.9 Å². The van der Waals surface area contributed by atoms with Crippen molar-refractivity contribution in [2.45, 2.75) is 12.8 Å². The summed E-state index contributed by atoms with van der Waals surface area (Å²) >= 11 is 0. The summed E-state index contributed by atoms with van der Waals surface area (Å²) in [7, 11) is 0. The average molecular weight is 406 g/mol. The van der Waals surface area contributed by atoms with Crippen LogP contribution in [0, 0.1) is 11.8 Å². The van der Waals surface area contributed by atoms with Gasteiger partial charge < -0.3 is 19.3 Å². The Morgan fingerprint density at radius 3 is 2.23 bits per heavy atom. The summed E-state index contributed by atoms with van der Waals surface area (Å²) in [5, 5.41) is 9.76. The number of hydrogen-bond acceptors (Lipinski definition) is 6. The summed E-state index contributed by atoms with van der Waals surface area (Å²) in [5.74, 6) is 5.69. The van der Waals surface area contributed by atoms with Gasteiger partial charge in [-0.1, -0.05) is 25.0 Å². The number of aromatic hydroxyl groups is 1. The molecule has 0 bridgehead atoms. The molecule has 154 valence electrons. The Morgan fingerprint density at radius 1 is 0.867 bits per heavy atom. The smallest absolute Gasteiger partial charge is 0.335 e. The highest BCUT2D eigenvalue weighted by Gasteiger charge is 2.03. The Labute approximate surface area is 175 Å². The van der Waals surface area contributed by atoms with Crippen LogP contribution < -0.4 is 9.47 Å². The SMILES string of the molecule is C=CC(=O)OCCCCOc1ccc(C#Cc2cc(O)cc(OC(=O)C=C)c2)cc1. The number of phenols is 1. The minimum absolute atomic E-state index is 0.0586. The summed E-state index contributed by atoms with van der Waals surface area (Å²) in [5.41, 5.74) is 1.26. The maximum atomic E-state index is 11.3. The van der Waals surface area contributed by atoms with Crippen molar-refractivity contribution in [3.63, 3.8) is 0 Å². The predicted octanol–water partition coefficient (Wildman–Crippen LogP) is 3.77. The van der Waals surface area contributed by atoms with Crippen LogP contribution >= 0.6 is 0 Å². The molecule has 0 aliphatic heterocycles. The van der Waals surface area contributed by atoms with Gasteiger partial charge in [0.05, 0.1) is 13.2 Å². The third-order valence-corrected chi connectivity index (χ3v) is 3.70. The molecule has 0 heterocycles. The molecule has 6 heteroatoms. The lowest BCUT2D eigenvalue weighted by Gasteiger charge is -2.06. The molecule has 2 aromatic rings. The summed E-state index contributed by atoms with van der Waals surface area (Å²) < 4.78 is 15.5. The monoisotopic (exact) mass is 406 g/mol. The van der Waals surface area contributed by atoms with Gasteiger partial charge in [0.25, 0.3) is 0 Å². The Kier molecular flexibility index (Phi) is 8.75. The van der Waals surface area contributed by atoms with E-state index in [-0.39, 0.29) is 11.5 Å². The molecule has 0 saturated carbocycles. The Bertz CT molecular complexity index is 963. The number of ether oxygens (including phenoxy) is 3. The minimum atomic E-state index is -0.618. The first-order valence-electron chi connectivity index (χ1n) is 9.22. The van der Waals surface area contributed by atoms with Gasteiger partial charge in [-0.2, -0.15) is 0 Å². The molecule has 0 atom stereocenters. The van der Waals surface area contributed by atoms with E-state index in [1.54, 1.807) is 6.07 Å². The van der Waals surface area contributed by atoms with E-state index in [0.29, 0.717) is 30.9 Å². The predicted molar refractivity (Wildman–Crippen MR) is 112 cm³/mol. The molecule has 0 aliphatic rings. The van der Waals surface area contributed by atoms with Crippen molar-refractivity contribution in [2.75, 3.05) is 13.2 Å². The largest absolute Gasteiger partial charge is 0.508 e. The number of esters is 2. The van der Waals surface area contributed by atoms with Crippen molar-refractivity contribution in [2.24, 2.45) is 0 Å². The molecule has 0 saturated heterocycles. The number of rotatable bonds is 9. The van der Waals surface area contributed by atoms with Crippen LogP contribution in [0.3, 0.4) is 0 Å². The molecule has 1 N–H and O–H groups in total. The van der Waals surface area contributed by atoms with Gasteiger partial charge in [0.1, 0.15) is 17.2 Å². The molecular weight excluding hydrogens is 384 g/mol. The molecule has 2 rings (SSSR count). The lowest BCUT2D eigenvalue weighted by Crippen LogP contribution is -2.04. The summed E-state index contributed by atoms with van der Waals surface area (Å²) in [6, 6.07) is 11.6. The zero-order chi connectivity index (χ0) is 21.8. The second kappa shape index (κ2) is 11.8. The topological polar surface area (TPSA) is 82.1 Å². The van der Waals surface area contributed by atoms with Gasteiger partial charge in [0.15, 0.2) is 0 Å². The summed E-state index contributed by atoms with van der Waals surface area (Å²) in [6.07, 6.45) is 3.63. The number of benzene rings is 2. The number of carbonyl (C=O) groups is 2. The molecular formula is C24H22O6. The van der Waals surface area contributed by atoms with E-state index in [2.05, 4.69) is 25.0 Å². The molecule has 0 spiro atoms. The van der Waals surface area contributed by atoms with Crippen molar-refractivity contribution in [3.05, 3.63) is 78.9 Å². The second-order valence-corrected chi connectivity index (χ2v) is 6.04. The van der Waals surface area contributed by atoms with Gasteiger partial charge in [0, 0.05) is 29.3 Å². The van der Waals surface area contributed by atoms with E-state index in [4.69, 9.17) is 14.2 Å². The third kappa shape index (κ3) is 7.95. The van der Waals surface area contributed by atoms with Crippen LogP contribution in [-0.4, -0.2) is 30.3 Å². The van der Waals surface area contributed by atoms with E-state index in [9.17, 15) is 14.7 Å². The fourth-order valence-corrected chi connectivity index (χ4v) is 2.28. The van der Waals surface area contributed by atoms with Gasteiger partial charge in [0.2, 0.25) is 0 Å². The van der Waals surface area contributed by atoms with Crippen LogP contribution in [0.5, 0.6) is 17.2 Å². The van der Waals surface area contributed by atoms with Crippen molar-refractivity contribution in [3.8, 4) is 29.1 Å². The van der Waals surface area contributed by atoms with Crippen LogP contribution in [0.4, 0.5) is 0 Å². The zero-order valence-electron chi connectivity index (χ0n) is 16.4. The fraction of sp³-hybridized carbons (Fsp3) is 0.167. The molecule has 0 aliphatic carbocycles. The third-order valence-electron chi connectivity index (χ3n) is 3.70. The normalized spacial score (nSPS) is 9.60. The van der Waals surface area contributed by atoms with Crippen LogP contribution in [-0.2, 0) is 14.3 Å². The first kappa shape index (κ1) is 22.3. The fourth-order valence-electron chi connectivity index (χ4n) is 2.28. The maximum Gasteiger partial charge on any atom is 0.335 e. The van der Waals surface area contributed by atoms with Crippen molar-refractivity contribution in [1.29, 1.82) is 0 Å². The van der Waals surface area contributed by atoms with Gasteiger partial charge in [-0.15, -0.1) is 0 Å². The highest BCUT2D eigenvalue weighted by Crippen LogP contribution is 2.21. The number of phenolic OH excluding ortho intramolecular Hbond substituents is 1. The number of unbranched alkanes of at least 4 members (excludes halogenated alkanes) is 1. The van der Waals surface area contributed by atoms with Gasteiger partial charge in [-0.3, -0.25) is 0 Å². The van der Waals surface area contributed by atoms with Crippen LogP contribution in [0.2, 0.25) is 0 Å².